The molecule has 13 nitrogen and oxygen atoms in total. The molecule has 1 aliphatic carbocycles. The molecular weight excluding hydrogens is 671 g/mol. The monoisotopic (exact) mass is 706 g/mol. The van der Waals surface area contributed by atoms with Crippen LogP contribution in [0.4, 0.5) is 4.39 Å². The average molecular weight is 707 g/mol. The van der Waals surface area contributed by atoms with Crippen LogP contribution in [0.15, 0.2) is 35.6 Å². The SMILES string of the molecule is COC1=CC(=O)C=C(C)C1C(=O)Oc1c(C)c(O)c(C(=O)Oc2cc(C)c(C(=O)Oc3cc(OC)c(C(=O)O)c(C)c3C)c(O)c2C)c(C)c1F. The van der Waals surface area contributed by atoms with Crippen LogP contribution in [0.1, 0.15) is 71.4 Å². The van der Waals surface area contributed by atoms with Gasteiger partial charge in [0.05, 0.1) is 14.2 Å². The summed E-state index contributed by atoms with van der Waals surface area (Å²) in [5, 5.41) is 31.6. The van der Waals surface area contributed by atoms with Crippen molar-refractivity contribution in [3.8, 4) is 34.5 Å². The number of halogens is 1. The zero-order valence-corrected chi connectivity index (χ0v) is 29.2. The normalized spacial score (nSPS) is 13.9. The highest BCUT2D eigenvalue weighted by molar-refractivity contribution is 6.03. The van der Waals surface area contributed by atoms with Gasteiger partial charge in [0, 0.05) is 28.8 Å². The fourth-order valence-corrected chi connectivity index (χ4v) is 5.65. The van der Waals surface area contributed by atoms with Crippen molar-refractivity contribution in [1.82, 2.24) is 0 Å². The highest BCUT2D eigenvalue weighted by Crippen LogP contribution is 2.41. The maximum absolute atomic E-state index is 15.7. The number of phenolic OH excluding ortho intramolecular Hbond substituents is 2. The van der Waals surface area contributed by atoms with Crippen LogP contribution in [-0.2, 0) is 14.3 Å². The van der Waals surface area contributed by atoms with Crippen molar-refractivity contribution in [2.45, 2.75) is 48.5 Å². The Hall–Kier alpha value is -6.18. The highest BCUT2D eigenvalue weighted by atomic mass is 19.1. The van der Waals surface area contributed by atoms with Crippen molar-refractivity contribution in [1.29, 1.82) is 0 Å². The van der Waals surface area contributed by atoms with Gasteiger partial charge >= 0.3 is 23.9 Å². The van der Waals surface area contributed by atoms with Gasteiger partial charge in [0.2, 0.25) is 0 Å². The largest absolute Gasteiger partial charge is 0.507 e. The maximum atomic E-state index is 15.7. The number of carboxylic acid groups (broad SMARTS) is 1. The molecule has 1 aliphatic rings. The number of ketones is 1. The number of carbonyl (C=O) groups excluding carboxylic acids is 4. The fraction of sp³-hybridized carbons (Fsp3) is 0.270. The quantitative estimate of drug-likeness (QED) is 0.178. The van der Waals surface area contributed by atoms with Gasteiger partial charge in [-0.2, -0.15) is 0 Å². The van der Waals surface area contributed by atoms with E-state index in [4.69, 9.17) is 23.7 Å². The molecule has 3 aromatic carbocycles. The van der Waals surface area contributed by atoms with Crippen LogP contribution < -0.4 is 18.9 Å². The van der Waals surface area contributed by atoms with Gasteiger partial charge in [0.25, 0.3) is 0 Å². The minimum Gasteiger partial charge on any atom is -0.507 e. The molecule has 0 saturated heterocycles. The summed E-state index contributed by atoms with van der Waals surface area (Å²) in [5.74, 6) is -9.49. The second-order valence-corrected chi connectivity index (χ2v) is 11.8. The number of phenols is 2. The van der Waals surface area contributed by atoms with E-state index in [1.165, 1.54) is 67.0 Å². The Morgan fingerprint density at radius 1 is 0.667 bits per heavy atom. The van der Waals surface area contributed by atoms with E-state index in [2.05, 4.69) is 0 Å². The molecule has 0 heterocycles. The number of esters is 3. The summed E-state index contributed by atoms with van der Waals surface area (Å²) in [4.78, 5) is 63.4. The number of aromatic carboxylic acids is 1. The molecule has 4 rings (SSSR count). The molecule has 0 fully saturated rings. The van der Waals surface area contributed by atoms with Gasteiger partial charge in [-0.05, 0) is 82.9 Å². The minimum atomic E-state index is -1.24. The van der Waals surface area contributed by atoms with Gasteiger partial charge in [0.15, 0.2) is 17.3 Å². The highest BCUT2D eigenvalue weighted by Gasteiger charge is 2.35. The van der Waals surface area contributed by atoms with E-state index < -0.39 is 69.8 Å². The lowest BCUT2D eigenvalue weighted by Crippen LogP contribution is -2.28. The molecule has 0 bridgehead atoms. The number of allylic oxidation sites excluding steroid dienone is 2. The molecule has 268 valence electrons. The van der Waals surface area contributed by atoms with E-state index in [1.807, 2.05) is 0 Å². The van der Waals surface area contributed by atoms with Crippen molar-refractivity contribution < 1.29 is 67.4 Å². The predicted molar refractivity (Wildman–Crippen MR) is 177 cm³/mol. The number of rotatable bonds is 9. The van der Waals surface area contributed by atoms with E-state index >= 15 is 4.39 Å². The van der Waals surface area contributed by atoms with Crippen LogP contribution >= 0.6 is 0 Å². The zero-order valence-electron chi connectivity index (χ0n) is 29.2. The maximum Gasteiger partial charge on any atom is 0.347 e. The number of methoxy groups -OCH3 is 2. The van der Waals surface area contributed by atoms with Gasteiger partial charge in [-0.15, -0.1) is 0 Å². The van der Waals surface area contributed by atoms with Crippen LogP contribution in [0.5, 0.6) is 34.5 Å². The fourth-order valence-electron chi connectivity index (χ4n) is 5.65. The molecule has 14 heteroatoms. The molecular formula is C37H35FO13. The summed E-state index contributed by atoms with van der Waals surface area (Å²) < 4.78 is 42.4. The first-order valence-corrected chi connectivity index (χ1v) is 15.3. The van der Waals surface area contributed by atoms with E-state index in [0.717, 1.165) is 13.0 Å². The number of benzene rings is 3. The van der Waals surface area contributed by atoms with Crippen molar-refractivity contribution in [3.05, 3.63) is 91.5 Å². The van der Waals surface area contributed by atoms with E-state index in [-0.39, 0.29) is 56.4 Å². The lowest BCUT2D eigenvalue weighted by molar-refractivity contribution is -0.137. The molecule has 3 aromatic rings. The second-order valence-electron chi connectivity index (χ2n) is 11.8. The number of hydrogen-bond acceptors (Lipinski definition) is 12. The van der Waals surface area contributed by atoms with Crippen LogP contribution in [-0.4, -0.2) is 59.2 Å². The third-order valence-electron chi connectivity index (χ3n) is 8.67. The first-order valence-electron chi connectivity index (χ1n) is 15.3. The zero-order chi connectivity index (χ0) is 38.2. The van der Waals surface area contributed by atoms with Gasteiger partial charge < -0.3 is 39.0 Å². The molecule has 0 radical (unpaired) electrons. The lowest BCUT2D eigenvalue weighted by Gasteiger charge is -2.22. The number of hydrogen-bond donors (Lipinski definition) is 3. The van der Waals surface area contributed by atoms with Gasteiger partial charge in [0.1, 0.15) is 57.1 Å². The van der Waals surface area contributed by atoms with E-state index in [0.29, 0.717) is 11.1 Å². The smallest absolute Gasteiger partial charge is 0.347 e. The van der Waals surface area contributed by atoms with E-state index in [9.17, 15) is 39.3 Å². The standard InChI is InChI=1S/C37H35FO13/c1-14-10-21(39)12-24(47-8)26(14)35(44)51-33-20(7)32(41)29(19(6)30(33)38)37(46)49-22-11-15(2)27(31(40)18(22)5)36(45)50-23-13-25(48-9)28(34(42)43)17(4)16(23)3/h10-13,26,40-41H,1-9H3,(H,42,43). The summed E-state index contributed by atoms with van der Waals surface area (Å²) in [6.07, 6.45) is 2.30. The Morgan fingerprint density at radius 3 is 1.80 bits per heavy atom. The van der Waals surface area contributed by atoms with Gasteiger partial charge in [-0.25, -0.2) is 18.8 Å². The molecule has 1 unspecified atom stereocenters. The molecule has 1 atom stereocenters. The second kappa shape index (κ2) is 14.4. The number of aryl methyl sites for hydroxylation is 1. The Labute approximate surface area is 291 Å². The molecule has 51 heavy (non-hydrogen) atoms. The van der Waals surface area contributed by atoms with Crippen LogP contribution in [0.3, 0.4) is 0 Å². The van der Waals surface area contributed by atoms with Gasteiger partial charge in [-0.3, -0.25) is 9.59 Å². The summed E-state index contributed by atoms with van der Waals surface area (Å²) in [6.45, 7) is 9.72. The van der Waals surface area contributed by atoms with E-state index in [1.54, 1.807) is 6.92 Å². The Kier molecular flexibility index (Phi) is 10.6. The van der Waals surface area contributed by atoms with Crippen molar-refractivity contribution >= 4 is 29.7 Å². The summed E-state index contributed by atoms with van der Waals surface area (Å²) in [5.41, 5.74) is -0.746. The average Bonchev–Trinajstić information content (AvgIpc) is 3.05. The molecule has 0 amide bonds. The third kappa shape index (κ3) is 6.84. The molecule has 0 saturated carbocycles. The Bertz CT molecular complexity index is 2080. The first kappa shape index (κ1) is 37.6. The predicted octanol–water partition coefficient (Wildman–Crippen LogP) is 5.81. The molecule has 0 spiro atoms. The number of ether oxygens (including phenoxy) is 5. The van der Waals surface area contributed by atoms with Crippen molar-refractivity contribution in [2.24, 2.45) is 5.92 Å². The first-order chi connectivity index (χ1) is 23.9. The number of aromatic hydroxyl groups is 2. The topological polar surface area (TPSA) is 192 Å². The minimum absolute atomic E-state index is 0.0141. The van der Waals surface area contributed by atoms with Gasteiger partial charge in [-0.1, -0.05) is 0 Å². The molecule has 0 aliphatic heterocycles. The molecule has 3 N–H and O–H groups in total. The summed E-state index contributed by atoms with van der Waals surface area (Å²) in [7, 11) is 2.52. The summed E-state index contributed by atoms with van der Waals surface area (Å²) >= 11 is 0. The van der Waals surface area contributed by atoms with Crippen LogP contribution in [0.25, 0.3) is 0 Å². The third-order valence-corrected chi connectivity index (χ3v) is 8.67. The van der Waals surface area contributed by atoms with Crippen molar-refractivity contribution in [3.63, 3.8) is 0 Å². The van der Waals surface area contributed by atoms with Crippen LogP contribution in [0.2, 0.25) is 0 Å². The lowest BCUT2D eigenvalue weighted by atomic mass is 9.92. The Morgan fingerprint density at radius 2 is 1.24 bits per heavy atom. The number of carbonyl (C=O) groups is 5. The van der Waals surface area contributed by atoms with Crippen LogP contribution in [0, 0.1) is 53.3 Å². The summed E-state index contributed by atoms with van der Waals surface area (Å²) in [6, 6.07) is 2.50. The van der Waals surface area contributed by atoms with Crippen molar-refractivity contribution in [2.75, 3.05) is 14.2 Å². The Balaban J connectivity index is 1.63. The molecule has 0 aromatic heterocycles. The number of carboxylic acids is 1.